The molecule has 1 aromatic rings. The third-order valence-corrected chi connectivity index (χ3v) is 4.81. The number of hydrogen-bond donors (Lipinski definition) is 1. The van der Waals surface area contributed by atoms with Crippen molar-refractivity contribution in [2.24, 2.45) is 5.92 Å². The van der Waals surface area contributed by atoms with Crippen LogP contribution in [0.25, 0.3) is 0 Å². The topological polar surface area (TPSA) is 24.9 Å². The van der Waals surface area contributed by atoms with Crippen LogP contribution in [0, 0.1) is 5.92 Å². The van der Waals surface area contributed by atoms with Gasteiger partial charge in [-0.25, -0.2) is 4.98 Å². The molecular weight excluding hydrogens is 252 g/mol. The lowest BCUT2D eigenvalue weighted by Gasteiger charge is -2.20. The molecular formula is C16H26N2S. The van der Waals surface area contributed by atoms with Crippen LogP contribution in [0.1, 0.15) is 51.5 Å². The average molecular weight is 278 g/mol. The van der Waals surface area contributed by atoms with Gasteiger partial charge in [-0.15, -0.1) is 11.8 Å². The molecule has 0 aromatic carbocycles. The van der Waals surface area contributed by atoms with E-state index in [1.54, 1.807) is 0 Å². The van der Waals surface area contributed by atoms with Crippen molar-refractivity contribution in [1.82, 2.24) is 10.3 Å². The van der Waals surface area contributed by atoms with Gasteiger partial charge in [0.05, 0.1) is 5.03 Å². The quantitative estimate of drug-likeness (QED) is 0.842. The molecule has 1 aliphatic carbocycles. The van der Waals surface area contributed by atoms with E-state index in [4.69, 9.17) is 0 Å². The van der Waals surface area contributed by atoms with Crippen LogP contribution in [0.3, 0.4) is 0 Å². The molecule has 1 fully saturated rings. The second-order valence-corrected chi connectivity index (χ2v) is 7.23. The lowest BCUT2D eigenvalue weighted by molar-refractivity contribution is 0.515. The minimum atomic E-state index is 0.703. The van der Waals surface area contributed by atoms with Gasteiger partial charge in [0.25, 0.3) is 0 Å². The fourth-order valence-electron chi connectivity index (χ4n) is 2.44. The standard InChI is InChI=1S/C16H26N2S/c1-13(2)10-17-11-14-8-9-16(18-12-14)19-15-6-4-3-5-7-15/h8-9,12-13,15,17H,3-7,10-11H2,1-2H3. The molecule has 0 radical (unpaired) electrons. The van der Waals surface area contributed by atoms with E-state index in [1.807, 2.05) is 18.0 Å². The minimum Gasteiger partial charge on any atom is -0.312 e. The summed E-state index contributed by atoms with van der Waals surface area (Å²) in [4.78, 5) is 4.59. The molecule has 1 heterocycles. The molecule has 0 saturated heterocycles. The first kappa shape index (κ1) is 14.9. The smallest absolute Gasteiger partial charge is 0.0962 e. The van der Waals surface area contributed by atoms with Gasteiger partial charge in [-0.2, -0.15) is 0 Å². The zero-order chi connectivity index (χ0) is 13.5. The Bertz CT molecular complexity index is 356. The fourth-order valence-corrected chi connectivity index (χ4v) is 3.61. The van der Waals surface area contributed by atoms with Crippen molar-refractivity contribution in [2.45, 2.75) is 62.8 Å². The molecule has 0 spiro atoms. The van der Waals surface area contributed by atoms with Crippen LogP contribution < -0.4 is 5.32 Å². The highest BCUT2D eigenvalue weighted by molar-refractivity contribution is 7.99. The monoisotopic (exact) mass is 278 g/mol. The Kier molecular flexibility index (Phi) is 6.18. The van der Waals surface area contributed by atoms with E-state index in [1.165, 1.54) is 42.7 Å². The predicted molar refractivity (Wildman–Crippen MR) is 83.5 cm³/mol. The van der Waals surface area contributed by atoms with Crippen molar-refractivity contribution in [1.29, 1.82) is 0 Å². The molecule has 0 aliphatic heterocycles. The van der Waals surface area contributed by atoms with Crippen molar-refractivity contribution < 1.29 is 0 Å². The molecule has 2 rings (SSSR count). The van der Waals surface area contributed by atoms with Crippen LogP contribution in [0.15, 0.2) is 23.4 Å². The van der Waals surface area contributed by atoms with E-state index in [2.05, 4.69) is 36.3 Å². The molecule has 1 aromatic heterocycles. The van der Waals surface area contributed by atoms with Crippen molar-refractivity contribution >= 4 is 11.8 Å². The Morgan fingerprint density at radius 1 is 1.26 bits per heavy atom. The lowest BCUT2D eigenvalue weighted by Crippen LogP contribution is -2.19. The molecule has 1 saturated carbocycles. The zero-order valence-electron chi connectivity index (χ0n) is 12.2. The summed E-state index contributed by atoms with van der Waals surface area (Å²) >= 11 is 1.97. The Morgan fingerprint density at radius 2 is 2.05 bits per heavy atom. The summed E-state index contributed by atoms with van der Waals surface area (Å²) in [5.41, 5.74) is 1.29. The number of pyridine rings is 1. The molecule has 3 heteroatoms. The summed E-state index contributed by atoms with van der Waals surface area (Å²) in [5.74, 6) is 0.703. The van der Waals surface area contributed by atoms with Crippen molar-refractivity contribution in [2.75, 3.05) is 6.54 Å². The lowest BCUT2D eigenvalue weighted by atomic mass is 10.0. The molecule has 0 bridgehead atoms. The number of aromatic nitrogens is 1. The third-order valence-electron chi connectivity index (χ3n) is 3.52. The first-order valence-corrected chi connectivity index (χ1v) is 8.44. The van der Waals surface area contributed by atoms with Gasteiger partial charge in [-0.3, -0.25) is 0 Å². The Labute approximate surface area is 121 Å². The van der Waals surface area contributed by atoms with Gasteiger partial charge in [0.1, 0.15) is 0 Å². The van der Waals surface area contributed by atoms with Gasteiger partial charge < -0.3 is 5.32 Å². The average Bonchev–Trinajstić information content (AvgIpc) is 2.42. The first-order valence-electron chi connectivity index (χ1n) is 7.56. The Balaban J connectivity index is 1.77. The largest absolute Gasteiger partial charge is 0.312 e. The van der Waals surface area contributed by atoms with E-state index >= 15 is 0 Å². The second-order valence-electron chi connectivity index (χ2n) is 5.91. The highest BCUT2D eigenvalue weighted by Crippen LogP contribution is 2.32. The van der Waals surface area contributed by atoms with Gasteiger partial charge in [0, 0.05) is 18.0 Å². The van der Waals surface area contributed by atoms with E-state index < -0.39 is 0 Å². The number of nitrogens with one attached hydrogen (secondary N) is 1. The highest BCUT2D eigenvalue weighted by atomic mass is 32.2. The summed E-state index contributed by atoms with van der Waals surface area (Å²) in [5, 5.41) is 5.45. The SMILES string of the molecule is CC(C)CNCc1ccc(SC2CCCCC2)nc1. The summed E-state index contributed by atoms with van der Waals surface area (Å²) in [7, 11) is 0. The summed E-state index contributed by atoms with van der Waals surface area (Å²) < 4.78 is 0. The minimum absolute atomic E-state index is 0.703. The van der Waals surface area contributed by atoms with Crippen LogP contribution >= 0.6 is 11.8 Å². The Morgan fingerprint density at radius 3 is 2.68 bits per heavy atom. The number of nitrogens with zero attached hydrogens (tertiary/aromatic N) is 1. The van der Waals surface area contributed by atoms with Crippen molar-refractivity contribution in [3.05, 3.63) is 23.9 Å². The zero-order valence-corrected chi connectivity index (χ0v) is 13.0. The summed E-state index contributed by atoms with van der Waals surface area (Å²) in [6.45, 7) is 6.46. The normalized spacial score (nSPS) is 17.0. The van der Waals surface area contributed by atoms with Crippen molar-refractivity contribution in [3.8, 4) is 0 Å². The first-order chi connectivity index (χ1) is 9.24. The van der Waals surface area contributed by atoms with Gasteiger partial charge in [-0.1, -0.05) is 39.2 Å². The summed E-state index contributed by atoms with van der Waals surface area (Å²) in [6, 6.07) is 4.40. The molecule has 1 N–H and O–H groups in total. The second kappa shape index (κ2) is 7.91. The van der Waals surface area contributed by atoms with Crippen LogP contribution in [-0.2, 0) is 6.54 Å². The maximum atomic E-state index is 4.59. The van der Waals surface area contributed by atoms with Gasteiger partial charge in [-0.05, 0) is 36.9 Å². The molecule has 19 heavy (non-hydrogen) atoms. The molecule has 0 unspecified atom stereocenters. The van der Waals surface area contributed by atoms with Gasteiger partial charge >= 0.3 is 0 Å². The molecule has 1 aliphatic rings. The maximum Gasteiger partial charge on any atom is 0.0962 e. The maximum absolute atomic E-state index is 4.59. The van der Waals surface area contributed by atoms with Crippen LogP contribution in [-0.4, -0.2) is 16.8 Å². The highest BCUT2D eigenvalue weighted by Gasteiger charge is 2.14. The van der Waals surface area contributed by atoms with Crippen LogP contribution in [0.4, 0.5) is 0 Å². The third kappa shape index (κ3) is 5.53. The fraction of sp³-hybridized carbons (Fsp3) is 0.688. The van der Waals surface area contributed by atoms with Crippen LogP contribution in [0.5, 0.6) is 0 Å². The molecule has 0 atom stereocenters. The Hall–Kier alpha value is -0.540. The molecule has 106 valence electrons. The van der Waals surface area contributed by atoms with E-state index in [-0.39, 0.29) is 0 Å². The number of thioether (sulfide) groups is 1. The van der Waals surface area contributed by atoms with E-state index in [0.717, 1.165) is 18.3 Å². The van der Waals surface area contributed by atoms with Crippen molar-refractivity contribution in [3.63, 3.8) is 0 Å². The van der Waals surface area contributed by atoms with Gasteiger partial charge in [0.2, 0.25) is 0 Å². The van der Waals surface area contributed by atoms with E-state index in [9.17, 15) is 0 Å². The number of rotatable bonds is 6. The van der Waals surface area contributed by atoms with Crippen LogP contribution in [0.2, 0.25) is 0 Å². The molecule has 2 nitrogen and oxygen atoms in total. The number of hydrogen-bond acceptors (Lipinski definition) is 3. The summed E-state index contributed by atoms with van der Waals surface area (Å²) in [6.07, 6.45) is 8.97. The van der Waals surface area contributed by atoms with E-state index in [0.29, 0.717) is 5.92 Å². The molecule has 0 amide bonds. The van der Waals surface area contributed by atoms with Gasteiger partial charge in [0.15, 0.2) is 0 Å². The predicted octanol–water partition coefficient (Wildman–Crippen LogP) is 4.25.